The van der Waals surface area contributed by atoms with Crippen LogP contribution in [0.2, 0.25) is 0 Å². The number of nitrogens with zero attached hydrogens (tertiary/aromatic N) is 1. The standard InChI is InChI=1S/C17H25N3O3/c1-2-9-20-10-3-4-15(20)12-19-17(23)18-11-13-5-7-14(8-6-13)16(21)22/h5-8,15H,2-4,9-12H2,1H3,(H,21,22)(H2,18,19,23)/t15-/m0/s1. The lowest BCUT2D eigenvalue weighted by molar-refractivity contribution is 0.0697. The molecule has 1 saturated heterocycles. The van der Waals surface area contributed by atoms with E-state index in [4.69, 9.17) is 5.11 Å². The lowest BCUT2D eigenvalue weighted by Crippen LogP contribution is -2.43. The van der Waals surface area contributed by atoms with Gasteiger partial charge in [-0.15, -0.1) is 0 Å². The van der Waals surface area contributed by atoms with Gasteiger partial charge in [0, 0.05) is 19.1 Å². The number of amides is 2. The van der Waals surface area contributed by atoms with Crippen molar-refractivity contribution in [2.45, 2.75) is 38.8 Å². The topological polar surface area (TPSA) is 81.7 Å². The summed E-state index contributed by atoms with van der Waals surface area (Å²) in [6.07, 6.45) is 3.47. The van der Waals surface area contributed by atoms with Crippen LogP contribution in [0.1, 0.15) is 42.1 Å². The summed E-state index contributed by atoms with van der Waals surface area (Å²) in [6.45, 7) is 5.44. The van der Waals surface area contributed by atoms with E-state index in [1.54, 1.807) is 24.3 Å². The van der Waals surface area contributed by atoms with Crippen molar-refractivity contribution < 1.29 is 14.7 Å². The van der Waals surface area contributed by atoms with E-state index in [0.29, 0.717) is 19.1 Å². The van der Waals surface area contributed by atoms with E-state index in [2.05, 4.69) is 22.5 Å². The van der Waals surface area contributed by atoms with Crippen LogP contribution < -0.4 is 10.6 Å². The third-order valence-corrected chi connectivity index (χ3v) is 4.16. The lowest BCUT2D eigenvalue weighted by atomic mass is 10.1. The number of likely N-dealkylation sites (tertiary alicyclic amines) is 1. The van der Waals surface area contributed by atoms with Crippen LogP contribution in [0.3, 0.4) is 0 Å². The SMILES string of the molecule is CCCN1CCC[C@H]1CNC(=O)NCc1ccc(C(=O)O)cc1. The van der Waals surface area contributed by atoms with Gasteiger partial charge in [-0.25, -0.2) is 9.59 Å². The molecule has 1 atom stereocenters. The van der Waals surface area contributed by atoms with Gasteiger partial charge in [0.25, 0.3) is 0 Å². The minimum Gasteiger partial charge on any atom is -0.478 e. The molecule has 0 radical (unpaired) electrons. The van der Waals surface area contributed by atoms with Gasteiger partial charge in [0.15, 0.2) is 0 Å². The monoisotopic (exact) mass is 319 g/mol. The van der Waals surface area contributed by atoms with Crippen molar-refractivity contribution in [3.05, 3.63) is 35.4 Å². The Hall–Kier alpha value is -2.08. The minimum absolute atomic E-state index is 0.185. The molecule has 6 nitrogen and oxygen atoms in total. The number of carboxylic acid groups (broad SMARTS) is 1. The molecule has 0 aromatic heterocycles. The normalized spacial score (nSPS) is 17.9. The Morgan fingerprint density at radius 1 is 1.26 bits per heavy atom. The zero-order chi connectivity index (χ0) is 16.7. The van der Waals surface area contributed by atoms with Crippen molar-refractivity contribution in [2.75, 3.05) is 19.6 Å². The molecule has 1 aliphatic heterocycles. The number of hydrogen-bond donors (Lipinski definition) is 3. The van der Waals surface area contributed by atoms with Gasteiger partial charge >= 0.3 is 12.0 Å². The molecule has 0 aliphatic carbocycles. The summed E-state index contributed by atoms with van der Waals surface area (Å²) in [7, 11) is 0. The van der Waals surface area contributed by atoms with Crippen LogP contribution >= 0.6 is 0 Å². The van der Waals surface area contributed by atoms with Crippen LogP contribution in [0.5, 0.6) is 0 Å². The number of carbonyl (C=O) groups is 2. The molecule has 0 bridgehead atoms. The van der Waals surface area contributed by atoms with Crippen LogP contribution in [-0.2, 0) is 6.54 Å². The molecule has 1 aromatic rings. The first-order valence-corrected chi connectivity index (χ1v) is 8.18. The number of benzene rings is 1. The molecule has 1 aliphatic rings. The Bertz CT molecular complexity index is 530. The quantitative estimate of drug-likeness (QED) is 0.718. The zero-order valence-corrected chi connectivity index (χ0v) is 13.5. The van der Waals surface area contributed by atoms with Crippen LogP contribution in [-0.4, -0.2) is 47.7 Å². The zero-order valence-electron chi connectivity index (χ0n) is 13.5. The average Bonchev–Trinajstić information content (AvgIpc) is 2.99. The smallest absolute Gasteiger partial charge is 0.335 e. The molecule has 0 unspecified atom stereocenters. The van der Waals surface area contributed by atoms with Gasteiger partial charge in [0.1, 0.15) is 0 Å². The highest BCUT2D eigenvalue weighted by molar-refractivity contribution is 5.87. The highest BCUT2D eigenvalue weighted by Gasteiger charge is 2.23. The predicted octanol–water partition coefficient (Wildman–Crippen LogP) is 2.06. The second-order valence-electron chi connectivity index (χ2n) is 5.90. The summed E-state index contributed by atoms with van der Waals surface area (Å²) in [6, 6.07) is 6.76. The number of aromatic carboxylic acids is 1. The van der Waals surface area contributed by atoms with Gasteiger partial charge in [0.05, 0.1) is 5.56 Å². The lowest BCUT2D eigenvalue weighted by Gasteiger charge is -2.24. The van der Waals surface area contributed by atoms with Gasteiger partial charge in [-0.1, -0.05) is 19.1 Å². The third kappa shape index (κ3) is 5.25. The number of nitrogens with one attached hydrogen (secondary N) is 2. The summed E-state index contributed by atoms with van der Waals surface area (Å²) >= 11 is 0. The summed E-state index contributed by atoms with van der Waals surface area (Å²) < 4.78 is 0. The highest BCUT2D eigenvalue weighted by Crippen LogP contribution is 2.16. The molecule has 2 rings (SSSR count). The molecule has 3 N–H and O–H groups in total. The summed E-state index contributed by atoms with van der Waals surface area (Å²) in [5, 5.41) is 14.6. The van der Waals surface area contributed by atoms with Crippen molar-refractivity contribution in [2.24, 2.45) is 0 Å². The molecule has 2 amide bonds. The number of rotatable bonds is 7. The molecule has 6 heteroatoms. The number of urea groups is 1. The van der Waals surface area contributed by atoms with E-state index in [-0.39, 0.29) is 11.6 Å². The summed E-state index contributed by atoms with van der Waals surface area (Å²) in [5.74, 6) is -0.949. The van der Waals surface area contributed by atoms with E-state index in [1.165, 1.54) is 6.42 Å². The fraction of sp³-hybridized carbons (Fsp3) is 0.529. The van der Waals surface area contributed by atoms with Crippen molar-refractivity contribution in [1.29, 1.82) is 0 Å². The first-order chi connectivity index (χ1) is 11.1. The second kappa shape index (κ2) is 8.53. The largest absolute Gasteiger partial charge is 0.478 e. The molecule has 1 aromatic carbocycles. The minimum atomic E-state index is -0.949. The van der Waals surface area contributed by atoms with Crippen LogP contribution in [0.15, 0.2) is 24.3 Å². The molecule has 23 heavy (non-hydrogen) atoms. The van der Waals surface area contributed by atoms with Crippen LogP contribution in [0.25, 0.3) is 0 Å². The Kier molecular flexibility index (Phi) is 6.40. The van der Waals surface area contributed by atoms with Crippen molar-refractivity contribution in [3.8, 4) is 0 Å². The van der Waals surface area contributed by atoms with Crippen LogP contribution in [0.4, 0.5) is 4.79 Å². The maximum atomic E-state index is 11.9. The summed E-state index contributed by atoms with van der Waals surface area (Å²) in [4.78, 5) is 25.1. The van der Waals surface area contributed by atoms with Gasteiger partial charge in [-0.2, -0.15) is 0 Å². The molecule has 0 spiro atoms. The third-order valence-electron chi connectivity index (χ3n) is 4.16. The van der Waals surface area contributed by atoms with Crippen LogP contribution in [0, 0.1) is 0 Å². The Morgan fingerprint density at radius 3 is 2.65 bits per heavy atom. The van der Waals surface area contributed by atoms with E-state index in [9.17, 15) is 9.59 Å². The van der Waals surface area contributed by atoms with Crippen molar-refractivity contribution in [3.63, 3.8) is 0 Å². The first kappa shape index (κ1) is 17.3. The van der Waals surface area contributed by atoms with E-state index >= 15 is 0 Å². The molecular weight excluding hydrogens is 294 g/mol. The number of hydrogen-bond acceptors (Lipinski definition) is 3. The maximum absolute atomic E-state index is 11.9. The van der Waals surface area contributed by atoms with E-state index in [0.717, 1.165) is 31.5 Å². The fourth-order valence-corrected chi connectivity index (χ4v) is 2.93. The summed E-state index contributed by atoms with van der Waals surface area (Å²) in [5.41, 5.74) is 1.12. The van der Waals surface area contributed by atoms with Gasteiger partial charge in [-0.05, 0) is 50.0 Å². The molecule has 1 heterocycles. The van der Waals surface area contributed by atoms with E-state index < -0.39 is 5.97 Å². The van der Waals surface area contributed by atoms with Gasteiger partial charge in [-0.3, -0.25) is 4.90 Å². The number of carboxylic acids is 1. The van der Waals surface area contributed by atoms with E-state index in [1.807, 2.05) is 0 Å². The Balaban J connectivity index is 1.71. The Labute approximate surface area is 136 Å². The maximum Gasteiger partial charge on any atom is 0.335 e. The molecule has 126 valence electrons. The van der Waals surface area contributed by atoms with Gasteiger partial charge < -0.3 is 15.7 Å². The van der Waals surface area contributed by atoms with Crippen molar-refractivity contribution in [1.82, 2.24) is 15.5 Å². The van der Waals surface area contributed by atoms with Crippen molar-refractivity contribution >= 4 is 12.0 Å². The predicted molar refractivity (Wildman–Crippen MR) is 88.5 cm³/mol. The first-order valence-electron chi connectivity index (χ1n) is 8.18. The highest BCUT2D eigenvalue weighted by atomic mass is 16.4. The molecule has 0 saturated carbocycles. The average molecular weight is 319 g/mol. The molecular formula is C17H25N3O3. The second-order valence-corrected chi connectivity index (χ2v) is 5.90. The molecule has 1 fully saturated rings. The van der Waals surface area contributed by atoms with Gasteiger partial charge in [0.2, 0.25) is 0 Å². The Morgan fingerprint density at radius 2 is 2.00 bits per heavy atom. The number of carbonyl (C=O) groups excluding carboxylic acids is 1. The fourth-order valence-electron chi connectivity index (χ4n) is 2.93.